The third-order valence-corrected chi connectivity index (χ3v) is 3.01. The third kappa shape index (κ3) is 3.12. The second-order valence-electron chi connectivity index (χ2n) is 4.44. The smallest absolute Gasteiger partial charge is 0.254 e. The van der Waals surface area contributed by atoms with Crippen LogP contribution in [0.4, 0.5) is 0 Å². The Morgan fingerprint density at radius 1 is 1.47 bits per heavy atom. The minimum atomic E-state index is -0.101. The lowest BCUT2D eigenvalue weighted by molar-refractivity contribution is 0.0780. The fourth-order valence-electron chi connectivity index (χ4n) is 1.80. The van der Waals surface area contributed by atoms with Crippen LogP contribution in [0.2, 0.25) is 5.15 Å². The van der Waals surface area contributed by atoms with Gasteiger partial charge in [-0.2, -0.15) is 0 Å². The maximum absolute atomic E-state index is 12.3. The summed E-state index contributed by atoms with van der Waals surface area (Å²) in [6.07, 6.45) is 3.56. The van der Waals surface area contributed by atoms with Crippen LogP contribution in [0.5, 0.6) is 0 Å². The number of carbonyl (C=O) groups is 1. The SMILES string of the molecule is Cc1cc(C(=O)N(C)Cc2nccn2C)cc(Cl)n1. The van der Waals surface area contributed by atoms with Crippen molar-refractivity contribution in [3.63, 3.8) is 0 Å². The summed E-state index contributed by atoms with van der Waals surface area (Å²) in [5.74, 6) is 0.725. The van der Waals surface area contributed by atoms with E-state index in [9.17, 15) is 4.79 Å². The molecule has 0 aliphatic rings. The summed E-state index contributed by atoms with van der Waals surface area (Å²) in [5.41, 5.74) is 1.26. The molecular weight excluding hydrogens is 264 g/mol. The highest BCUT2D eigenvalue weighted by atomic mass is 35.5. The van der Waals surface area contributed by atoms with E-state index in [0.717, 1.165) is 11.5 Å². The quantitative estimate of drug-likeness (QED) is 0.808. The van der Waals surface area contributed by atoms with Crippen LogP contribution < -0.4 is 0 Å². The molecule has 0 fully saturated rings. The van der Waals surface area contributed by atoms with Gasteiger partial charge in [0.2, 0.25) is 0 Å². The van der Waals surface area contributed by atoms with Crippen molar-refractivity contribution < 1.29 is 4.79 Å². The summed E-state index contributed by atoms with van der Waals surface area (Å²) in [6, 6.07) is 3.30. The van der Waals surface area contributed by atoms with Crippen molar-refractivity contribution in [2.75, 3.05) is 7.05 Å². The number of pyridine rings is 1. The number of rotatable bonds is 3. The monoisotopic (exact) mass is 278 g/mol. The lowest BCUT2D eigenvalue weighted by Crippen LogP contribution is -2.27. The molecule has 2 aromatic heterocycles. The molecule has 2 aromatic rings. The Hall–Kier alpha value is -1.88. The van der Waals surface area contributed by atoms with Crippen molar-refractivity contribution >= 4 is 17.5 Å². The molecule has 5 nitrogen and oxygen atoms in total. The average molecular weight is 279 g/mol. The maximum atomic E-state index is 12.3. The van der Waals surface area contributed by atoms with Crippen molar-refractivity contribution in [2.45, 2.75) is 13.5 Å². The molecule has 0 unspecified atom stereocenters. The molecule has 0 radical (unpaired) electrons. The lowest BCUT2D eigenvalue weighted by atomic mass is 10.2. The molecule has 0 N–H and O–H groups in total. The first-order valence-electron chi connectivity index (χ1n) is 5.83. The van der Waals surface area contributed by atoms with Crippen LogP contribution in [0, 0.1) is 6.92 Å². The number of nitrogens with zero attached hydrogens (tertiary/aromatic N) is 4. The van der Waals surface area contributed by atoms with Crippen LogP contribution in [-0.2, 0) is 13.6 Å². The third-order valence-electron chi connectivity index (χ3n) is 2.82. The van der Waals surface area contributed by atoms with Gasteiger partial charge in [0.05, 0.1) is 6.54 Å². The number of aryl methyl sites for hydroxylation is 2. The van der Waals surface area contributed by atoms with Gasteiger partial charge in [0, 0.05) is 37.7 Å². The lowest BCUT2D eigenvalue weighted by Gasteiger charge is -2.17. The number of aromatic nitrogens is 3. The molecule has 0 bridgehead atoms. The first-order chi connectivity index (χ1) is 8.97. The molecule has 0 saturated heterocycles. The van der Waals surface area contributed by atoms with E-state index in [4.69, 9.17) is 11.6 Å². The average Bonchev–Trinajstić information content (AvgIpc) is 2.72. The zero-order valence-corrected chi connectivity index (χ0v) is 11.8. The second kappa shape index (κ2) is 5.40. The van der Waals surface area contributed by atoms with Gasteiger partial charge >= 0.3 is 0 Å². The van der Waals surface area contributed by atoms with Crippen LogP contribution in [0.1, 0.15) is 21.9 Å². The van der Waals surface area contributed by atoms with E-state index >= 15 is 0 Å². The summed E-state index contributed by atoms with van der Waals surface area (Å²) in [5, 5.41) is 0.328. The highest BCUT2D eigenvalue weighted by Gasteiger charge is 2.15. The molecule has 0 aliphatic carbocycles. The molecule has 1 amide bonds. The molecule has 100 valence electrons. The molecule has 19 heavy (non-hydrogen) atoms. The van der Waals surface area contributed by atoms with Crippen LogP contribution in [0.3, 0.4) is 0 Å². The zero-order chi connectivity index (χ0) is 14.0. The number of imidazole rings is 1. The Morgan fingerprint density at radius 2 is 2.21 bits per heavy atom. The van der Waals surface area contributed by atoms with Gasteiger partial charge in [-0.1, -0.05) is 11.6 Å². The van der Waals surface area contributed by atoms with E-state index < -0.39 is 0 Å². The minimum absolute atomic E-state index is 0.101. The summed E-state index contributed by atoms with van der Waals surface area (Å²) >= 11 is 5.87. The van der Waals surface area contributed by atoms with E-state index in [0.29, 0.717) is 17.3 Å². The molecule has 0 aliphatic heterocycles. The van der Waals surface area contributed by atoms with Crippen molar-refractivity contribution in [3.05, 3.63) is 46.8 Å². The second-order valence-corrected chi connectivity index (χ2v) is 4.82. The first kappa shape index (κ1) is 13.5. The van der Waals surface area contributed by atoms with E-state index in [1.54, 1.807) is 37.2 Å². The van der Waals surface area contributed by atoms with Gasteiger partial charge in [-0.3, -0.25) is 4.79 Å². The van der Waals surface area contributed by atoms with Gasteiger partial charge < -0.3 is 9.47 Å². The van der Waals surface area contributed by atoms with E-state index in [1.165, 1.54) is 0 Å². The minimum Gasteiger partial charge on any atom is -0.337 e. The summed E-state index contributed by atoms with van der Waals surface area (Å²) in [6.45, 7) is 2.25. The predicted octanol–water partition coefficient (Wildman–Crippen LogP) is 2.05. The largest absolute Gasteiger partial charge is 0.337 e. The maximum Gasteiger partial charge on any atom is 0.254 e. The molecule has 2 rings (SSSR count). The summed E-state index contributed by atoms with van der Waals surface area (Å²) < 4.78 is 1.88. The van der Waals surface area contributed by atoms with Crippen LogP contribution in [0.15, 0.2) is 24.5 Å². The Kier molecular flexibility index (Phi) is 3.85. The number of carbonyl (C=O) groups excluding carboxylic acids is 1. The number of hydrogen-bond acceptors (Lipinski definition) is 3. The van der Waals surface area contributed by atoms with Crippen molar-refractivity contribution in [2.24, 2.45) is 7.05 Å². The highest BCUT2D eigenvalue weighted by molar-refractivity contribution is 6.29. The van der Waals surface area contributed by atoms with Crippen molar-refractivity contribution in [1.29, 1.82) is 0 Å². The molecule has 0 saturated carbocycles. The van der Waals surface area contributed by atoms with Gasteiger partial charge in [0.1, 0.15) is 11.0 Å². The number of amides is 1. The number of hydrogen-bond donors (Lipinski definition) is 0. The van der Waals surface area contributed by atoms with E-state index in [-0.39, 0.29) is 5.91 Å². The Labute approximate surface area is 116 Å². The molecule has 0 atom stereocenters. The number of halogens is 1. The van der Waals surface area contributed by atoms with Gasteiger partial charge in [-0.25, -0.2) is 9.97 Å². The van der Waals surface area contributed by atoms with Gasteiger partial charge in [0.25, 0.3) is 5.91 Å². The van der Waals surface area contributed by atoms with Crippen LogP contribution in [0.25, 0.3) is 0 Å². The van der Waals surface area contributed by atoms with Crippen molar-refractivity contribution in [1.82, 2.24) is 19.4 Å². The molecule has 0 aromatic carbocycles. The fourth-order valence-corrected chi connectivity index (χ4v) is 2.06. The summed E-state index contributed by atoms with van der Waals surface area (Å²) in [4.78, 5) is 22.1. The van der Waals surface area contributed by atoms with Gasteiger partial charge in [-0.15, -0.1) is 0 Å². The predicted molar refractivity (Wildman–Crippen MR) is 73.0 cm³/mol. The van der Waals surface area contributed by atoms with Crippen LogP contribution in [-0.4, -0.2) is 32.4 Å². The Morgan fingerprint density at radius 3 is 2.79 bits per heavy atom. The van der Waals surface area contributed by atoms with E-state index in [1.807, 2.05) is 17.8 Å². The Bertz CT molecular complexity index is 588. The molecule has 6 heteroatoms. The first-order valence-corrected chi connectivity index (χ1v) is 6.21. The fraction of sp³-hybridized carbons (Fsp3) is 0.308. The molecule has 0 spiro atoms. The molecular formula is C13H15ClN4O. The van der Waals surface area contributed by atoms with Crippen molar-refractivity contribution in [3.8, 4) is 0 Å². The highest BCUT2D eigenvalue weighted by Crippen LogP contribution is 2.13. The molecule has 2 heterocycles. The zero-order valence-electron chi connectivity index (χ0n) is 11.1. The van der Waals surface area contributed by atoms with Crippen LogP contribution >= 0.6 is 11.6 Å². The normalized spacial score (nSPS) is 10.5. The van der Waals surface area contributed by atoms with Gasteiger partial charge in [-0.05, 0) is 19.1 Å². The summed E-state index contributed by atoms with van der Waals surface area (Å²) in [7, 11) is 3.63. The Balaban J connectivity index is 2.17. The van der Waals surface area contributed by atoms with E-state index in [2.05, 4.69) is 9.97 Å². The topological polar surface area (TPSA) is 51.0 Å². The standard InChI is InChI=1S/C13H15ClN4O/c1-9-6-10(7-11(14)16-9)13(19)18(3)8-12-15-4-5-17(12)2/h4-7H,8H2,1-3H3. The van der Waals surface area contributed by atoms with Gasteiger partial charge in [0.15, 0.2) is 0 Å².